The minimum absolute atomic E-state index is 0. The van der Waals surface area contributed by atoms with Crippen LogP contribution in [0, 0.1) is 6.92 Å². The zero-order chi connectivity index (χ0) is 9.84. The van der Waals surface area contributed by atoms with Gasteiger partial charge >= 0.3 is 0 Å². The SMILES string of the molecule is Cc1ccc([C@@H](N)CCN)c(Br)c1.Cl. The Labute approximate surface area is 99.6 Å². The Balaban J connectivity index is 0.00000169. The van der Waals surface area contributed by atoms with Crippen molar-refractivity contribution in [3.8, 4) is 0 Å². The quantitative estimate of drug-likeness (QED) is 0.893. The summed E-state index contributed by atoms with van der Waals surface area (Å²) in [5.74, 6) is 0. The van der Waals surface area contributed by atoms with E-state index in [2.05, 4.69) is 41.1 Å². The van der Waals surface area contributed by atoms with E-state index in [1.165, 1.54) is 5.56 Å². The van der Waals surface area contributed by atoms with Crippen molar-refractivity contribution < 1.29 is 0 Å². The third-order valence-electron chi connectivity index (χ3n) is 2.03. The zero-order valence-corrected chi connectivity index (χ0v) is 10.6. The number of hydrogen-bond acceptors (Lipinski definition) is 2. The minimum Gasteiger partial charge on any atom is -0.330 e. The summed E-state index contributed by atoms with van der Waals surface area (Å²) in [7, 11) is 0. The molecule has 2 nitrogen and oxygen atoms in total. The molecule has 0 aliphatic heterocycles. The van der Waals surface area contributed by atoms with Crippen LogP contribution in [0.25, 0.3) is 0 Å². The zero-order valence-electron chi connectivity index (χ0n) is 8.16. The van der Waals surface area contributed by atoms with Crippen LogP contribution in [0.3, 0.4) is 0 Å². The third kappa shape index (κ3) is 3.58. The fourth-order valence-corrected chi connectivity index (χ4v) is 2.06. The standard InChI is InChI=1S/C10H15BrN2.ClH/c1-7-2-3-8(9(11)6-7)10(13)4-5-12;/h2-3,6,10H,4-5,12-13H2,1H3;1H/t10-;/m0./s1. The molecule has 1 atom stereocenters. The van der Waals surface area contributed by atoms with Gasteiger partial charge in [-0.2, -0.15) is 0 Å². The monoisotopic (exact) mass is 278 g/mol. The Morgan fingerprint density at radius 1 is 1.43 bits per heavy atom. The summed E-state index contributed by atoms with van der Waals surface area (Å²) in [5.41, 5.74) is 13.8. The third-order valence-corrected chi connectivity index (χ3v) is 2.72. The molecule has 0 heterocycles. The van der Waals surface area contributed by atoms with Gasteiger partial charge in [0.25, 0.3) is 0 Å². The Kier molecular flexibility index (Phi) is 6.36. The molecule has 0 amide bonds. The lowest BCUT2D eigenvalue weighted by Gasteiger charge is -2.12. The second-order valence-corrected chi connectivity index (χ2v) is 4.06. The first-order valence-electron chi connectivity index (χ1n) is 4.37. The molecular formula is C10H16BrClN2. The van der Waals surface area contributed by atoms with Gasteiger partial charge in [0, 0.05) is 10.5 Å². The minimum atomic E-state index is 0. The van der Waals surface area contributed by atoms with Gasteiger partial charge in [-0.05, 0) is 37.1 Å². The molecule has 1 aromatic carbocycles. The van der Waals surface area contributed by atoms with E-state index >= 15 is 0 Å². The summed E-state index contributed by atoms with van der Waals surface area (Å²) in [5, 5.41) is 0. The van der Waals surface area contributed by atoms with Gasteiger partial charge in [0.1, 0.15) is 0 Å². The Hall–Kier alpha value is -0.0900. The van der Waals surface area contributed by atoms with Crippen LogP contribution in [-0.4, -0.2) is 6.54 Å². The molecule has 14 heavy (non-hydrogen) atoms. The van der Waals surface area contributed by atoms with E-state index in [1.54, 1.807) is 0 Å². The lowest BCUT2D eigenvalue weighted by Crippen LogP contribution is -2.15. The molecule has 80 valence electrons. The van der Waals surface area contributed by atoms with E-state index in [1.807, 2.05) is 0 Å². The van der Waals surface area contributed by atoms with Crippen LogP contribution in [0.4, 0.5) is 0 Å². The van der Waals surface area contributed by atoms with Crippen molar-refractivity contribution in [1.82, 2.24) is 0 Å². The topological polar surface area (TPSA) is 52.0 Å². The van der Waals surface area contributed by atoms with Crippen LogP contribution in [0.5, 0.6) is 0 Å². The van der Waals surface area contributed by atoms with Crippen molar-refractivity contribution in [2.45, 2.75) is 19.4 Å². The molecular weight excluding hydrogens is 263 g/mol. The van der Waals surface area contributed by atoms with E-state index in [-0.39, 0.29) is 18.4 Å². The van der Waals surface area contributed by atoms with Crippen molar-refractivity contribution in [2.75, 3.05) is 6.54 Å². The molecule has 0 fully saturated rings. The number of benzene rings is 1. The summed E-state index contributed by atoms with van der Waals surface area (Å²) in [6, 6.07) is 6.24. The van der Waals surface area contributed by atoms with Crippen molar-refractivity contribution >= 4 is 28.3 Å². The fourth-order valence-electron chi connectivity index (χ4n) is 1.27. The van der Waals surface area contributed by atoms with Crippen LogP contribution >= 0.6 is 28.3 Å². The number of aryl methyl sites for hydroxylation is 1. The molecule has 4 heteroatoms. The Morgan fingerprint density at radius 2 is 2.07 bits per heavy atom. The maximum Gasteiger partial charge on any atom is 0.0318 e. The lowest BCUT2D eigenvalue weighted by atomic mass is 10.0. The molecule has 0 spiro atoms. The van der Waals surface area contributed by atoms with Crippen molar-refractivity contribution in [3.63, 3.8) is 0 Å². The first kappa shape index (κ1) is 13.9. The van der Waals surface area contributed by atoms with Crippen LogP contribution < -0.4 is 11.5 Å². The predicted octanol–water partition coefficient (Wildman–Crippen LogP) is 2.53. The average Bonchev–Trinajstić information content (AvgIpc) is 2.04. The smallest absolute Gasteiger partial charge is 0.0318 e. The normalized spacial score (nSPS) is 12.0. The number of nitrogens with two attached hydrogens (primary N) is 2. The molecule has 1 aromatic rings. The van der Waals surface area contributed by atoms with E-state index in [9.17, 15) is 0 Å². The lowest BCUT2D eigenvalue weighted by molar-refractivity contribution is 0.658. The first-order valence-corrected chi connectivity index (χ1v) is 5.16. The van der Waals surface area contributed by atoms with Gasteiger partial charge in [-0.25, -0.2) is 0 Å². The highest BCUT2D eigenvalue weighted by Crippen LogP contribution is 2.24. The second kappa shape index (κ2) is 6.40. The van der Waals surface area contributed by atoms with Crippen LogP contribution in [0.2, 0.25) is 0 Å². The first-order chi connectivity index (χ1) is 6.15. The highest BCUT2D eigenvalue weighted by Gasteiger charge is 2.08. The van der Waals surface area contributed by atoms with Gasteiger partial charge in [0.15, 0.2) is 0 Å². The molecule has 0 unspecified atom stereocenters. The Morgan fingerprint density at radius 3 is 2.57 bits per heavy atom. The highest BCUT2D eigenvalue weighted by molar-refractivity contribution is 9.10. The van der Waals surface area contributed by atoms with E-state index < -0.39 is 0 Å². The molecule has 0 aliphatic rings. The summed E-state index contributed by atoms with van der Waals surface area (Å²) < 4.78 is 1.08. The summed E-state index contributed by atoms with van der Waals surface area (Å²) >= 11 is 3.50. The number of hydrogen-bond donors (Lipinski definition) is 2. The molecule has 0 saturated heterocycles. The van der Waals surface area contributed by atoms with E-state index in [4.69, 9.17) is 11.5 Å². The predicted molar refractivity (Wildman–Crippen MR) is 66.7 cm³/mol. The van der Waals surface area contributed by atoms with Crippen molar-refractivity contribution in [1.29, 1.82) is 0 Å². The molecule has 4 N–H and O–H groups in total. The molecule has 0 bridgehead atoms. The summed E-state index contributed by atoms with van der Waals surface area (Å²) in [6.45, 7) is 2.68. The van der Waals surface area contributed by atoms with Gasteiger partial charge in [0.2, 0.25) is 0 Å². The number of rotatable bonds is 3. The Bertz CT molecular complexity index is 291. The molecule has 0 aromatic heterocycles. The largest absolute Gasteiger partial charge is 0.330 e. The molecule has 0 aliphatic carbocycles. The molecule has 0 radical (unpaired) electrons. The summed E-state index contributed by atoms with van der Waals surface area (Å²) in [6.07, 6.45) is 0.821. The number of halogens is 2. The van der Waals surface area contributed by atoms with Gasteiger partial charge < -0.3 is 11.5 Å². The average molecular weight is 280 g/mol. The van der Waals surface area contributed by atoms with Crippen LogP contribution in [0.15, 0.2) is 22.7 Å². The van der Waals surface area contributed by atoms with Crippen molar-refractivity contribution in [3.05, 3.63) is 33.8 Å². The van der Waals surface area contributed by atoms with Crippen LogP contribution in [-0.2, 0) is 0 Å². The van der Waals surface area contributed by atoms with Gasteiger partial charge in [-0.1, -0.05) is 28.1 Å². The maximum absolute atomic E-state index is 5.95. The van der Waals surface area contributed by atoms with Crippen LogP contribution in [0.1, 0.15) is 23.6 Å². The fraction of sp³-hybridized carbons (Fsp3) is 0.400. The highest BCUT2D eigenvalue weighted by atomic mass is 79.9. The van der Waals surface area contributed by atoms with E-state index in [0.717, 1.165) is 16.5 Å². The maximum atomic E-state index is 5.95. The summed E-state index contributed by atoms with van der Waals surface area (Å²) in [4.78, 5) is 0. The van der Waals surface area contributed by atoms with E-state index in [0.29, 0.717) is 6.54 Å². The van der Waals surface area contributed by atoms with Crippen molar-refractivity contribution in [2.24, 2.45) is 11.5 Å². The molecule has 0 saturated carbocycles. The second-order valence-electron chi connectivity index (χ2n) is 3.21. The van der Waals surface area contributed by atoms with Gasteiger partial charge in [-0.15, -0.1) is 12.4 Å². The van der Waals surface area contributed by atoms with Gasteiger partial charge in [-0.3, -0.25) is 0 Å². The molecule has 1 rings (SSSR count). The van der Waals surface area contributed by atoms with Gasteiger partial charge in [0.05, 0.1) is 0 Å².